The molecule has 1 amide bonds. The fourth-order valence-electron chi connectivity index (χ4n) is 3.55. The summed E-state index contributed by atoms with van der Waals surface area (Å²) in [4.78, 5) is 20.2. The lowest BCUT2D eigenvalue weighted by molar-refractivity contribution is 0.0985. The van der Waals surface area contributed by atoms with Crippen molar-refractivity contribution in [3.05, 3.63) is 94.9 Å². The van der Waals surface area contributed by atoms with E-state index in [0.29, 0.717) is 28.0 Å². The molecule has 0 aliphatic carbocycles. The highest BCUT2D eigenvalue weighted by Gasteiger charge is 2.24. The molecule has 0 saturated heterocycles. The lowest BCUT2D eigenvalue weighted by atomic mass is 10.0. The first kappa shape index (κ1) is 18.9. The Balaban J connectivity index is 1.65. The Hall–Kier alpha value is -3.15. The molecule has 0 bridgehead atoms. The van der Waals surface area contributed by atoms with Crippen molar-refractivity contribution in [2.45, 2.75) is 13.5 Å². The molecule has 30 heavy (non-hydrogen) atoms. The molecule has 0 radical (unpaired) electrons. The second-order valence-electron chi connectivity index (χ2n) is 7.01. The van der Waals surface area contributed by atoms with Gasteiger partial charge in [0, 0.05) is 10.6 Å². The highest BCUT2D eigenvalue weighted by molar-refractivity contribution is 7.22. The van der Waals surface area contributed by atoms with E-state index in [4.69, 9.17) is 21.0 Å². The number of hydrogen-bond donors (Lipinski definition) is 0. The number of nitrogens with zero attached hydrogens (tertiary/aromatic N) is 2. The number of carbonyl (C=O) groups excluding carboxylic acids is 1. The van der Waals surface area contributed by atoms with E-state index in [0.717, 1.165) is 26.6 Å². The molecule has 3 aromatic carbocycles. The fourth-order valence-corrected chi connectivity index (χ4v) is 4.72. The third-order valence-electron chi connectivity index (χ3n) is 5.13. The van der Waals surface area contributed by atoms with Crippen LogP contribution in [-0.4, -0.2) is 10.9 Å². The number of furan rings is 1. The highest BCUT2D eigenvalue weighted by atomic mass is 35.5. The predicted molar refractivity (Wildman–Crippen MR) is 123 cm³/mol. The Kier molecular flexibility index (Phi) is 4.77. The minimum Gasteiger partial charge on any atom is -0.467 e. The lowest BCUT2D eigenvalue weighted by Gasteiger charge is -2.19. The van der Waals surface area contributed by atoms with Gasteiger partial charge in [0.15, 0.2) is 5.13 Å². The fraction of sp³-hybridized carbons (Fsp3) is 0.0833. The number of halogens is 1. The molecule has 4 nitrogen and oxygen atoms in total. The van der Waals surface area contributed by atoms with E-state index in [-0.39, 0.29) is 5.91 Å². The monoisotopic (exact) mass is 432 g/mol. The van der Waals surface area contributed by atoms with Crippen molar-refractivity contribution in [2.24, 2.45) is 0 Å². The van der Waals surface area contributed by atoms with Crippen molar-refractivity contribution in [3.8, 4) is 0 Å². The van der Waals surface area contributed by atoms with E-state index >= 15 is 0 Å². The number of amides is 1. The molecule has 148 valence electrons. The summed E-state index contributed by atoms with van der Waals surface area (Å²) >= 11 is 7.76. The first-order valence-electron chi connectivity index (χ1n) is 9.49. The largest absolute Gasteiger partial charge is 0.467 e. The maximum Gasteiger partial charge on any atom is 0.261 e. The van der Waals surface area contributed by atoms with Gasteiger partial charge in [-0.1, -0.05) is 59.3 Å². The summed E-state index contributed by atoms with van der Waals surface area (Å²) < 4.78 is 6.53. The van der Waals surface area contributed by atoms with E-state index in [1.165, 1.54) is 11.3 Å². The summed E-state index contributed by atoms with van der Waals surface area (Å²) in [5.74, 6) is 0.573. The average Bonchev–Trinajstić information content (AvgIpc) is 3.44. The Labute approximate surface area is 182 Å². The van der Waals surface area contributed by atoms with Gasteiger partial charge in [-0.2, -0.15) is 0 Å². The molecule has 2 aromatic heterocycles. The van der Waals surface area contributed by atoms with Crippen LogP contribution >= 0.6 is 22.9 Å². The number of aromatic nitrogens is 1. The molecule has 0 fully saturated rings. The van der Waals surface area contributed by atoms with Crippen LogP contribution in [0.15, 0.2) is 77.4 Å². The number of anilines is 1. The molecule has 0 aliphatic rings. The van der Waals surface area contributed by atoms with Gasteiger partial charge >= 0.3 is 0 Å². The van der Waals surface area contributed by atoms with E-state index in [1.807, 2.05) is 73.7 Å². The number of benzene rings is 3. The van der Waals surface area contributed by atoms with Crippen LogP contribution in [0, 0.1) is 6.92 Å². The number of fused-ring (bicyclic) bond motifs is 2. The number of thiazole rings is 1. The number of rotatable bonds is 4. The quantitative estimate of drug-likeness (QED) is 0.312. The Bertz CT molecular complexity index is 1370. The minimum absolute atomic E-state index is 0.119. The van der Waals surface area contributed by atoms with E-state index in [1.54, 1.807) is 11.2 Å². The van der Waals surface area contributed by atoms with E-state index in [9.17, 15) is 4.79 Å². The van der Waals surface area contributed by atoms with Gasteiger partial charge in [-0.25, -0.2) is 4.98 Å². The molecule has 0 spiro atoms. The van der Waals surface area contributed by atoms with E-state index < -0.39 is 0 Å². The van der Waals surface area contributed by atoms with Crippen LogP contribution in [0.25, 0.3) is 21.0 Å². The van der Waals surface area contributed by atoms with Crippen LogP contribution in [0.4, 0.5) is 5.13 Å². The van der Waals surface area contributed by atoms with Crippen molar-refractivity contribution in [3.63, 3.8) is 0 Å². The molecule has 2 heterocycles. The molecule has 0 saturated carbocycles. The van der Waals surface area contributed by atoms with Crippen molar-refractivity contribution in [2.75, 3.05) is 4.90 Å². The first-order chi connectivity index (χ1) is 14.6. The molecule has 0 atom stereocenters. The second kappa shape index (κ2) is 7.59. The zero-order chi connectivity index (χ0) is 20.7. The Morgan fingerprint density at radius 2 is 1.90 bits per heavy atom. The van der Waals surface area contributed by atoms with Gasteiger partial charge in [0.2, 0.25) is 0 Å². The average molecular weight is 433 g/mol. The topological polar surface area (TPSA) is 46.3 Å². The molecule has 0 N–H and O–H groups in total. The molecule has 0 unspecified atom stereocenters. The normalized spacial score (nSPS) is 11.3. The van der Waals surface area contributed by atoms with Gasteiger partial charge in [-0.05, 0) is 53.6 Å². The zero-order valence-corrected chi connectivity index (χ0v) is 17.7. The van der Waals surface area contributed by atoms with Gasteiger partial charge in [-0.3, -0.25) is 9.69 Å². The van der Waals surface area contributed by atoms with Gasteiger partial charge in [0.1, 0.15) is 5.76 Å². The molecule has 6 heteroatoms. The van der Waals surface area contributed by atoms with Crippen molar-refractivity contribution < 1.29 is 9.21 Å². The SMILES string of the molecule is Cc1c(Cl)ccc2sc(N(Cc3ccco3)C(=O)c3cccc4ccccc34)nc12. The van der Waals surface area contributed by atoms with Gasteiger partial charge in [0.25, 0.3) is 5.91 Å². The van der Waals surface area contributed by atoms with Crippen LogP contribution in [0.1, 0.15) is 21.7 Å². The summed E-state index contributed by atoms with van der Waals surface area (Å²) in [7, 11) is 0. The van der Waals surface area contributed by atoms with Crippen molar-refractivity contribution in [1.82, 2.24) is 4.98 Å². The van der Waals surface area contributed by atoms with Crippen molar-refractivity contribution >= 4 is 55.0 Å². The molecule has 0 aliphatic heterocycles. The van der Waals surface area contributed by atoms with Gasteiger partial charge in [0.05, 0.1) is 23.0 Å². The Morgan fingerprint density at radius 3 is 2.73 bits per heavy atom. The summed E-state index contributed by atoms with van der Waals surface area (Å²) in [5.41, 5.74) is 2.36. The Morgan fingerprint density at radius 1 is 1.07 bits per heavy atom. The van der Waals surface area contributed by atoms with E-state index in [2.05, 4.69) is 0 Å². The number of hydrogen-bond acceptors (Lipinski definition) is 4. The number of carbonyl (C=O) groups is 1. The van der Waals surface area contributed by atoms with Crippen LogP contribution in [-0.2, 0) is 6.54 Å². The van der Waals surface area contributed by atoms with Crippen LogP contribution < -0.4 is 4.90 Å². The van der Waals surface area contributed by atoms with Crippen LogP contribution in [0.2, 0.25) is 5.02 Å². The zero-order valence-electron chi connectivity index (χ0n) is 16.1. The smallest absolute Gasteiger partial charge is 0.261 e. The molecular weight excluding hydrogens is 416 g/mol. The predicted octanol–water partition coefficient (Wildman–Crippen LogP) is 6.85. The summed E-state index contributed by atoms with van der Waals surface area (Å²) in [6.45, 7) is 2.24. The summed E-state index contributed by atoms with van der Waals surface area (Å²) in [5, 5.41) is 3.21. The van der Waals surface area contributed by atoms with Gasteiger partial charge < -0.3 is 4.42 Å². The number of aryl methyl sites for hydroxylation is 1. The highest BCUT2D eigenvalue weighted by Crippen LogP contribution is 2.35. The standard InChI is InChI=1S/C24H17ClN2O2S/c1-15-20(25)11-12-21-22(15)26-24(30-21)27(14-17-8-5-13-29-17)23(28)19-10-4-7-16-6-2-3-9-18(16)19/h2-13H,14H2,1H3. The molecule has 5 rings (SSSR count). The maximum atomic E-state index is 13.7. The van der Waals surface area contributed by atoms with Gasteiger partial charge in [-0.15, -0.1) is 0 Å². The molecular formula is C24H17ClN2O2S. The second-order valence-corrected chi connectivity index (χ2v) is 8.43. The maximum absolute atomic E-state index is 13.7. The molecule has 5 aromatic rings. The van der Waals surface area contributed by atoms with Crippen LogP contribution in [0.3, 0.4) is 0 Å². The minimum atomic E-state index is -0.119. The third kappa shape index (κ3) is 3.26. The summed E-state index contributed by atoms with van der Waals surface area (Å²) in [6.07, 6.45) is 1.61. The lowest BCUT2D eigenvalue weighted by Crippen LogP contribution is -2.30. The van der Waals surface area contributed by atoms with Crippen LogP contribution in [0.5, 0.6) is 0 Å². The third-order valence-corrected chi connectivity index (χ3v) is 6.58. The van der Waals surface area contributed by atoms with Crippen molar-refractivity contribution in [1.29, 1.82) is 0 Å². The summed E-state index contributed by atoms with van der Waals surface area (Å²) in [6, 6.07) is 21.1. The first-order valence-corrected chi connectivity index (χ1v) is 10.7.